The van der Waals surface area contributed by atoms with E-state index in [-0.39, 0.29) is 11.2 Å². The van der Waals surface area contributed by atoms with Crippen molar-refractivity contribution in [2.45, 2.75) is 32.6 Å². The van der Waals surface area contributed by atoms with Gasteiger partial charge in [-0.25, -0.2) is 0 Å². The molecule has 1 fully saturated rings. The summed E-state index contributed by atoms with van der Waals surface area (Å²) < 4.78 is 0. The standard InChI is InChI=1S/C18H23N3O/c1-2-9-18(10-3-11-19-13-18)17(22)15-6-4-14(5-7-15)16-8-12-20-21-16/h4-8,12,19H,2-3,9-11,13H2,1H3,(H,20,21). The van der Waals surface area contributed by atoms with Gasteiger partial charge < -0.3 is 5.32 Å². The number of ketones is 1. The Hall–Kier alpha value is -1.94. The van der Waals surface area contributed by atoms with Gasteiger partial charge in [0.25, 0.3) is 0 Å². The molecule has 1 aliphatic heterocycles. The SMILES string of the molecule is CCCC1(C(=O)c2ccc(-c3cc[nH]n3)cc2)CCCNC1. The van der Waals surface area contributed by atoms with Crippen LogP contribution in [-0.4, -0.2) is 29.1 Å². The van der Waals surface area contributed by atoms with Crippen LogP contribution in [0.1, 0.15) is 43.0 Å². The largest absolute Gasteiger partial charge is 0.316 e. The molecule has 0 aliphatic carbocycles. The fraction of sp³-hybridized carbons (Fsp3) is 0.444. The van der Waals surface area contributed by atoms with E-state index in [1.807, 2.05) is 30.3 Å². The first-order chi connectivity index (χ1) is 10.7. The van der Waals surface area contributed by atoms with E-state index in [0.29, 0.717) is 0 Å². The maximum absolute atomic E-state index is 13.0. The first-order valence-electron chi connectivity index (χ1n) is 8.11. The van der Waals surface area contributed by atoms with Crippen LogP contribution in [0.25, 0.3) is 11.3 Å². The molecule has 1 unspecified atom stereocenters. The summed E-state index contributed by atoms with van der Waals surface area (Å²) in [7, 11) is 0. The van der Waals surface area contributed by atoms with Crippen LogP contribution in [0, 0.1) is 5.41 Å². The summed E-state index contributed by atoms with van der Waals surface area (Å²) >= 11 is 0. The van der Waals surface area contributed by atoms with Gasteiger partial charge >= 0.3 is 0 Å². The minimum Gasteiger partial charge on any atom is -0.316 e. The molecule has 1 aromatic heterocycles. The van der Waals surface area contributed by atoms with Gasteiger partial charge in [-0.15, -0.1) is 0 Å². The quantitative estimate of drug-likeness (QED) is 0.831. The van der Waals surface area contributed by atoms with Crippen LogP contribution >= 0.6 is 0 Å². The van der Waals surface area contributed by atoms with Crippen molar-refractivity contribution in [2.75, 3.05) is 13.1 Å². The molecule has 0 bridgehead atoms. The molecule has 2 N–H and O–H groups in total. The Kier molecular flexibility index (Phi) is 4.39. The lowest BCUT2D eigenvalue weighted by atomic mass is 9.71. The summed E-state index contributed by atoms with van der Waals surface area (Å²) in [6, 6.07) is 9.79. The Morgan fingerprint density at radius 1 is 1.27 bits per heavy atom. The van der Waals surface area contributed by atoms with Gasteiger partial charge in [-0.2, -0.15) is 5.10 Å². The summed E-state index contributed by atoms with van der Waals surface area (Å²) in [5.74, 6) is 0.287. The second-order valence-corrected chi connectivity index (χ2v) is 6.18. The van der Waals surface area contributed by atoms with Gasteiger partial charge in [0, 0.05) is 29.3 Å². The highest BCUT2D eigenvalue weighted by Gasteiger charge is 2.38. The van der Waals surface area contributed by atoms with Crippen molar-refractivity contribution in [3.8, 4) is 11.3 Å². The van der Waals surface area contributed by atoms with Crippen LogP contribution < -0.4 is 5.32 Å². The summed E-state index contributed by atoms with van der Waals surface area (Å²) in [4.78, 5) is 13.0. The van der Waals surface area contributed by atoms with Crippen LogP contribution in [-0.2, 0) is 0 Å². The fourth-order valence-corrected chi connectivity index (χ4v) is 3.49. The van der Waals surface area contributed by atoms with Gasteiger partial charge in [-0.05, 0) is 31.9 Å². The van der Waals surface area contributed by atoms with E-state index in [9.17, 15) is 4.79 Å². The zero-order chi connectivity index (χ0) is 15.4. The third-order valence-corrected chi connectivity index (χ3v) is 4.63. The maximum atomic E-state index is 13.0. The van der Waals surface area contributed by atoms with E-state index in [1.54, 1.807) is 6.20 Å². The van der Waals surface area contributed by atoms with Gasteiger partial charge in [-0.3, -0.25) is 9.89 Å². The normalized spacial score (nSPS) is 21.7. The first kappa shape index (κ1) is 15.0. The fourth-order valence-electron chi connectivity index (χ4n) is 3.49. The van der Waals surface area contributed by atoms with E-state index in [1.165, 1.54) is 0 Å². The number of aromatic amines is 1. The number of benzene rings is 1. The molecule has 22 heavy (non-hydrogen) atoms. The Balaban J connectivity index is 1.84. The smallest absolute Gasteiger partial charge is 0.170 e. The van der Waals surface area contributed by atoms with E-state index in [4.69, 9.17) is 0 Å². The predicted molar refractivity (Wildman–Crippen MR) is 87.8 cm³/mol. The number of nitrogens with zero attached hydrogens (tertiary/aromatic N) is 1. The van der Waals surface area contributed by atoms with Crippen molar-refractivity contribution in [3.05, 3.63) is 42.1 Å². The highest BCUT2D eigenvalue weighted by Crippen LogP contribution is 2.35. The number of carbonyl (C=O) groups excluding carboxylic acids is 1. The van der Waals surface area contributed by atoms with Gasteiger partial charge in [0.1, 0.15) is 0 Å². The summed E-state index contributed by atoms with van der Waals surface area (Å²) in [5.41, 5.74) is 2.53. The molecule has 2 aromatic rings. The third kappa shape index (κ3) is 2.83. The molecular formula is C18H23N3O. The molecule has 116 valence electrons. The van der Waals surface area contributed by atoms with E-state index < -0.39 is 0 Å². The van der Waals surface area contributed by atoms with Crippen LogP contribution in [0.3, 0.4) is 0 Å². The van der Waals surface area contributed by atoms with Gasteiger partial charge in [0.2, 0.25) is 0 Å². The highest BCUT2D eigenvalue weighted by atomic mass is 16.1. The molecule has 1 saturated heterocycles. The summed E-state index contributed by atoms with van der Waals surface area (Å²) in [5, 5.41) is 10.4. The molecule has 3 rings (SSSR count). The van der Waals surface area contributed by atoms with Crippen molar-refractivity contribution >= 4 is 5.78 Å². The van der Waals surface area contributed by atoms with Gasteiger partial charge in [0.15, 0.2) is 5.78 Å². The first-order valence-corrected chi connectivity index (χ1v) is 8.11. The second kappa shape index (κ2) is 6.44. The number of hydrogen-bond acceptors (Lipinski definition) is 3. The lowest BCUT2D eigenvalue weighted by molar-refractivity contribution is 0.0718. The minimum atomic E-state index is -0.221. The molecule has 1 aromatic carbocycles. The monoisotopic (exact) mass is 297 g/mol. The van der Waals surface area contributed by atoms with Crippen LogP contribution in [0.5, 0.6) is 0 Å². The average molecular weight is 297 g/mol. The maximum Gasteiger partial charge on any atom is 0.170 e. The Morgan fingerprint density at radius 2 is 2.09 bits per heavy atom. The number of Topliss-reactive ketones (excluding diaryl/α,β-unsaturated/α-hetero) is 1. The predicted octanol–water partition coefficient (Wildman–Crippen LogP) is 3.43. The minimum absolute atomic E-state index is 0.221. The molecule has 0 spiro atoms. The molecule has 1 aliphatic rings. The van der Waals surface area contributed by atoms with Gasteiger partial charge in [-0.1, -0.05) is 37.6 Å². The molecular weight excluding hydrogens is 274 g/mol. The van der Waals surface area contributed by atoms with Crippen molar-refractivity contribution in [3.63, 3.8) is 0 Å². The van der Waals surface area contributed by atoms with Crippen LogP contribution in [0.4, 0.5) is 0 Å². The van der Waals surface area contributed by atoms with Crippen molar-refractivity contribution in [1.82, 2.24) is 15.5 Å². The number of rotatable bonds is 5. The molecule has 4 heteroatoms. The number of carbonyl (C=O) groups is 1. The second-order valence-electron chi connectivity index (χ2n) is 6.18. The van der Waals surface area contributed by atoms with Gasteiger partial charge in [0.05, 0.1) is 5.69 Å². The number of aromatic nitrogens is 2. The Bertz CT molecular complexity index is 605. The molecule has 1 atom stereocenters. The Labute approximate surface area is 131 Å². The van der Waals surface area contributed by atoms with Crippen LogP contribution in [0.15, 0.2) is 36.5 Å². The molecule has 0 amide bonds. The Morgan fingerprint density at radius 3 is 2.68 bits per heavy atom. The highest BCUT2D eigenvalue weighted by molar-refractivity contribution is 6.01. The molecule has 2 heterocycles. The summed E-state index contributed by atoms with van der Waals surface area (Å²) in [6.07, 6.45) is 5.88. The molecule has 0 saturated carbocycles. The van der Waals surface area contributed by atoms with E-state index in [0.717, 1.165) is 55.6 Å². The van der Waals surface area contributed by atoms with Crippen molar-refractivity contribution < 1.29 is 4.79 Å². The number of hydrogen-bond donors (Lipinski definition) is 2. The number of nitrogens with one attached hydrogen (secondary N) is 2. The third-order valence-electron chi connectivity index (χ3n) is 4.63. The zero-order valence-electron chi connectivity index (χ0n) is 13.1. The number of H-pyrrole nitrogens is 1. The van der Waals surface area contributed by atoms with E-state index in [2.05, 4.69) is 22.4 Å². The summed E-state index contributed by atoms with van der Waals surface area (Å²) in [6.45, 7) is 3.99. The topological polar surface area (TPSA) is 57.8 Å². The molecule has 0 radical (unpaired) electrons. The molecule has 4 nitrogen and oxygen atoms in total. The average Bonchev–Trinajstić information content (AvgIpc) is 3.10. The lowest BCUT2D eigenvalue weighted by Crippen LogP contribution is -2.45. The zero-order valence-corrected chi connectivity index (χ0v) is 13.1. The number of piperidine rings is 1. The van der Waals surface area contributed by atoms with E-state index >= 15 is 0 Å². The van der Waals surface area contributed by atoms with Crippen molar-refractivity contribution in [2.24, 2.45) is 5.41 Å². The van der Waals surface area contributed by atoms with Crippen LogP contribution in [0.2, 0.25) is 0 Å². The van der Waals surface area contributed by atoms with Crippen molar-refractivity contribution in [1.29, 1.82) is 0 Å². The lowest BCUT2D eigenvalue weighted by Gasteiger charge is -2.36.